The summed E-state index contributed by atoms with van der Waals surface area (Å²) in [4.78, 5) is 1.28. The fraction of sp³-hybridized carbons (Fsp3) is 0.500. The highest BCUT2D eigenvalue weighted by molar-refractivity contribution is 7.10. The lowest BCUT2D eigenvalue weighted by molar-refractivity contribution is 0.467. The molecule has 0 radical (unpaired) electrons. The minimum atomic E-state index is -0.237. The highest BCUT2D eigenvalue weighted by Gasteiger charge is 2.16. The van der Waals surface area contributed by atoms with Gasteiger partial charge in [0.15, 0.2) is 0 Å². The number of anilines is 1. The summed E-state index contributed by atoms with van der Waals surface area (Å²) in [6.07, 6.45) is 2.11. The minimum absolute atomic E-state index is 0.219. The van der Waals surface area contributed by atoms with Gasteiger partial charge >= 0.3 is 6.01 Å². The first-order valence-corrected chi connectivity index (χ1v) is 6.97. The smallest absolute Gasteiger partial charge is 0.316 e. The number of nitrogens with one attached hydrogen (secondary N) is 1. The van der Waals surface area contributed by atoms with Crippen molar-refractivity contribution in [2.75, 3.05) is 5.32 Å². The van der Waals surface area contributed by atoms with Crippen molar-refractivity contribution >= 4 is 17.4 Å². The molecule has 0 saturated heterocycles. The molecule has 2 atom stereocenters. The topological polar surface area (TPSA) is 77.0 Å². The molecule has 2 rings (SSSR count). The van der Waals surface area contributed by atoms with Gasteiger partial charge in [-0.05, 0) is 24.8 Å². The van der Waals surface area contributed by atoms with E-state index in [0.717, 1.165) is 12.8 Å². The normalized spacial score (nSPS) is 14.4. The summed E-state index contributed by atoms with van der Waals surface area (Å²) in [5, 5.41) is 13.2. The molecule has 0 aliphatic rings. The summed E-state index contributed by atoms with van der Waals surface area (Å²) in [7, 11) is 0. The third kappa shape index (κ3) is 3.08. The van der Waals surface area contributed by atoms with E-state index in [-0.39, 0.29) is 12.1 Å². The average Bonchev–Trinajstić information content (AvgIpc) is 2.99. The zero-order valence-corrected chi connectivity index (χ0v) is 11.4. The molecule has 2 unspecified atom stereocenters. The number of aromatic nitrogens is 2. The van der Waals surface area contributed by atoms with Crippen molar-refractivity contribution in [1.29, 1.82) is 0 Å². The summed E-state index contributed by atoms with van der Waals surface area (Å²) < 4.78 is 5.47. The second-order valence-corrected chi connectivity index (χ2v) is 5.21. The fourth-order valence-corrected chi connectivity index (χ4v) is 2.50. The summed E-state index contributed by atoms with van der Waals surface area (Å²) in [6.45, 7) is 3.98. The van der Waals surface area contributed by atoms with Crippen LogP contribution in [0.25, 0.3) is 0 Å². The maximum Gasteiger partial charge on any atom is 0.316 e. The highest BCUT2D eigenvalue weighted by atomic mass is 32.1. The van der Waals surface area contributed by atoms with Crippen LogP contribution in [-0.2, 0) is 0 Å². The molecule has 0 saturated carbocycles. The van der Waals surface area contributed by atoms with Crippen LogP contribution in [0.3, 0.4) is 0 Å². The lowest BCUT2D eigenvalue weighted by atomic mass is 10.1. The van der Waals surface area contributed by atoms with Gasteiger partial charge in [0.2, 0.25) is 5.89 Å². The summed E-state index contributed by atoms with van der Waals surface area (Å²) in [6, 6.07) is 4.58. The van der Waals surface area contributed by atoms with E-state index >= 15 is 0 Å². The Kier molecular flexibility index (Phi) is 4.33. The first kappa shape index (κ1) is 13.0. The molecular weight excluding hydrogens is 248 g/mol. The van der Waals surface area contributed by atoms with Gasteiger partial charge in [0.05, 0.1) is 12.1 Å². The Morgan fingerprint density at radius 1 is 1.50 bits per heavy atom. The van der Waals surface area contributed by atoms with Crippen LogP contribution >= 0.6 is 11.3 Å². The van der Waals surface area contributed by atoms with Crippen LogP contribution in [0.2, 0.25) is 0 Å². The van der Waals surface area contributed by atoms with Gasteiger partial charge in [0, 0.05) is 4.88 Å². The molecule has 2 heterocycles. The van der Waals surface area contributed by atoms with E-state index in [0.29, 0.717) is 11.9 Å². The van der Waals surface area contributed by atoms with E-state index in [1.54, 1.807) is 11.3 Å². The lowest BCUT2D eigenvalue weighted by Crippen LogP contribution is -2.09. The van der Waals surface area contributed by atoms with Gasteiger partial charge in [-0.1, -0.05) is 24.5 Å². The molecule has 2 aromatic rings. The standard InChI is InChI=1S/C12H18N4OS/c1-3-5-9(10-6-4-7-18-10)14-12-16-15-11(17-12)8(2)13/h4,6-9H,3,5,13H2,1-2H3,(H,14,16). The fourth-order valence-electron chi connectivity index (χ4n) is 1.69. The summed E-state index contributed by atoms with van der Waals surface area (Å²) >= 11 is 1.73. The van der Waals surface area contributed by atoms with E-state index in [2.05, 4.69) is 33.9 Å². The molecule has 5 nitrogen and oxygen atoms in total. The Morgan fingerprint density at radius 3 is 2.89 bits per heavy atom. The van der Waals surface area contributed by atoms with Gasteiger partial charge in [-0.2, -0.15) is 0 Å². The molecule has 0 spiro atoms. The monoisotopic (exact) mass is 266 g/mol. The molecule has 0 aliphatic heterocycles. The van der Waals surface area contributed by atoms with Gasteiger partial charge in [-0.25, -0.2) is 0 Å². The molecule has 0 aromatic carbocycles. The van der Waals surface area contributed by atoms with Crippen molar-refractivity contribution in [2.45, 2.75) is 38.8 Å². The molecule has 0 fully saturated rings. The van der Waals surface area contributed by atoms with E-state index in [4.69, 9.17) is 10.2 Å². The number of thiophene rings is 1. The zero-order chi connectivity index (χ0) is 13.0. The molecule has 0 aliphatic carbocycles. The van der Waals surface area contributed by atoms with Crippen molar-refractivity contribution in [3.8, 4) is 0 Å². The molecule has 3 N–H and O–H groups in total. The third-order valence-electron chi connectivity index (χ3n) is 2.59. The van der Waals surface area contributed by atoms with Gasteiger partial charge in [-0.15, -0.1) is 16.4 Å². The minimum Gasteiger partial charge on any atom is -0.406 e. The van der Waals surface area contributed by atoms with E-state index in [1.165, 1.54) is 4.88 Å². The predicted octanol–water partition coefficient (Wildman–Crippen LogP) is 3.10. The number of rotatable bonds is 6. The largest absolute Gasteiger partial charge is 0.406 e. The molecule has 2 aromatic heterocycles. The van der Waals surface area contributed by atoms with Crippen LogP contribution in [-0.4, -0.2) is 10.2 Å². The maximum atomic E-state index is 5.69. The van der Waals surface area contributed by atoms with E-state index < -0.39 is 0 Å². The molecule has 0 amide bonds. The Bertz CT molecular complexity index is 466. The zero-order valence-electron chi connectivity index (χ0n) is 10.6. The Morgan fingerprint density at radius 2 is 2.33 bits per heavy atom. The van der Waals surface area contributed by atoms with Crippen LogP contribution in [0.15, 0.2) is 21.9 Å². The Hall–Kier alpha value is -1.40. The van der Waals surface area contributed by atoms with Gasteiger partial charge in [0.1, 0.15) is 0 Å². The van der Waals surface area contributed by atoms with Crippen LogP contribution < -0.4 is 11.1 Å². The summed E-state index contributed by atoms with van der Waals surface area (Å²) in [5.74, 6) is 0.457. The molecular formula is C12H18N4OS. The SMILES string of the molecule is CCCC(Nc1nnc(C(C)N)o1)c1cccs1. The van der Waals surface area contributed by atoms with Crippen LogP contribution in [0.4, 0.5) is 6.01 Å². The second kappa shape index (κ2) is 5.97. The predicted molar refractivity (Wildman–Crippen MR) is 72.5 cm³/mol. The highest BCUT2D eigenvalue weighted by Crippen LogP contribution is 2.27. The quantitative estimate of drug-likeness (QED) is 0.840. The lowest BCUT2D eigenvalue weighted by Gasteiger charge is -2.14. The number of hydrogen-bond donors (Lipinski definition) is 2. The Balaban J connectivity index is 2.08. The first-order valence-electron chi connectivity index (χ1n) is 6.09. The van der Waals surface area contributed by atoms with Crippen LogP contribution in [0.1, 0.15) is 49.5 Å². The number of nitrogens with two attached hydrogens (primary N) is 1. The van der Waals surface area contributed by atoms with E-state index in [1.807, 2.05) is 13.0 Å². The summed E-state index contributed by atoms with van der Waals surface area (Å²) in [5.41, 5.74) is 5.69. The Labute approximate surface area is 110 Å². The molecule has 6 heteroatoms. The van der Waals surface area contributed by atoms with Crippen molar-refractivity contribution in [1.82, 2.24) is 10.2 Å². The third-order valence-corrected chi connectivity index (χ3v) is 3.58. The van der Waals surface area contributed by atoms with Gasteiger partial charge < -0.3 is 15.5 Å². The molecule has 0 bridgehead atoms. The number of nitrogens with zero attached hydrogens (tertiary/aromatic N) is 2. The van der Waals surface area contributed by atoms with Gasteiger partial charge in [0.25, 0.3) is 0 Å². The average molecular weight is 266 g/mol. The van der Waals surface area contributed by atoms with Crippen molar-refractivity contribution in [3.63, 3.8) is 0 Å². The van der Waals surface area contributed by atoms with Crippen LogP contribution in [0.5, 0.6) is 0 Å². The van der Waals surface area contributed by atoms with Crippen molar-refractivity contribution in [2.24, 2.45) is 5.73 Å². The van der Waals surface area contributed by atoms with Crippen molar-refractivity contribution in [3.05, 3.63) is 28.3 Å². The number of hydrogen-bond acceptors (Lipinski definition) is 6. The molecule has 98 valence electrons. The first-order chi connectivity index (χ1) is 8.70. The maximum absolute atomic E-state index is 5.69. The van der Waals surface area contributed by atoms with Gasteiger partial charge in [-0.3, -0.25) is 0 Å². The molecule has 18 heavy (non-hydrogen) atoms. The second-order valence-electron chi connectivity index (χ2n) is 4.24. The van der Waals surface area contributed by atoms with E-state index in [9.17, 15) is 0 Å². The van der Waals surface area contributed by atoms with Crippen molar-refractivity contribution < 1.29 is 4.42 Å². The van der Waals surface area contributed by atoms with Crippen LogP contribution in [0, 0.1) is 0 Å².